The van der Waals surface area contributed by atoms with E-state index < -0.39 is 7.14 Å². The summed E-state index contributed by atoms with van der Waals surface area (Å²) in [5, 5.41) is 17.4. The van der Waals surface area contributed by atoms with Crippen LogP contribution in [-0.4, -0.2) is 35.5 Å². The Morgan fingerprint density at radius 2 is 1.91 bits per heavy atom. The minimum Gasteiger partial charge on any atom is -0.396 e. The first-order valence-electron chi connectivity index (χ1n) is 3.83. The molecule has 0 aromatic carbocycles. The molecule has 3 nitrogen and oxygen atoms in total. The molecule has 0 fully saturated rings. The lowest BCUT2D eigenvalue weighted by Crippen LogP contribution is -2.07. The Labute approximate surface area is 67.8 Å². The van der Waals surface area contributed by atoms with Crippen LogP contribution in [0.3, 0.4) is 0 Å². The van der Waals surface area contributed by atoms with E-state index in [1.165, 1.54) is 0 Å². The summed E-state index contributed by atoms with van der Waals surface area (Å²) in [5.41, 5.74) is 0. The molecule has 11 heavy (non-hydrogen) atoms. The van der Waals surface area contributed by atoms with Crippen molar-refractivity contribution in [2.24, 2.45) is 5.92 Å². The van der Waals surface area contributed by atoms with Crippen molar-refractivity contribution in [3.63, 3.8) is 0 Å². The lowest BCUT2D eigenvalue weighted by Gasteiger charge is -2.15. The Bertz CT molecular complexity index is 145. The Balaban J connectivity index is 4.00. The second-order valence-corrected chi connectivity index (χ2v) is 6.43. The van der Waals surface area contributed by atoms with E-state index in [1.54, 1.807) is 0 Å². The monoisotopic (exact) mass is 180 g/mol. The number of hydrogen-bond acceptors (Lipinski definition) is 3. The van der Waals surface area contributed by atoms with Crippen LogP contribution in [0, 0.1) is 5.92 Å². The molecule has 1 unspecified atom stereocenters. The Hall–Kier alpha value is 0.150. The predicted molar refractivity (Wildman–Crippen MR) is 46.4 cm³/mol. The van der Waals surface area contributed by atoms with Gasteiger partial charge in [-0.2, -0.15) is 0 Å². The number of aliphatic hydroxyl groups excluding tert-OH is 2. The summed E-state index contributed by atoms with van der Waals surface area (Å²) in [4.78, 5) is 0. The van der Waals surface area contributed by atoms with Crippen molar-refractivity contribution in [2.75, 3.05) is 25.3 Å². The smallest absolute Gasteiger partial charge is 0.114 e. The Morgan fingerprint density at radius 1 is 1.36 bits per heavy atom. The molecule has 0 amide bonds. The number of hydrogen-bond donors (Lipinski definition) is 2. The Morgan fingerprint density at radius 3 is 2.18 bits per heavy atom. The lowest BCUT2D eigenvalue weighted by atomic mass is 10.3. The van der Waals surface area contributed by atoms with Crippen LogP contribution < -0.4 is 0 Å². The van der Waals surface area contributed by atoms with Gasteiger partial charge in [-0.3, -0.25) is 0 Å². The normalized spacial score (nSPS) is 16.8. The second-order valence-electron chi connectivity index (χ2n) is 3.22. The number of rotatable bonds is 5. The highest BCUT2D eigenvalue weighted by Gasteiger charge is 2.21. The van der Waals surface area contributed by atoms with Crippen LogP contribution in [0.25, 0.3) is 0 Å². The van der Waals surface area contributed by atoms with E-state index in [9.17, 15) is 4.57 Å². The summed E-state index contributed by atoms with van der Waals surface area (Å²) in [7, 11) is -2.45. The molecule has 0 aliphatic carbocycles. The molecule has 0 aliphatic rings. The summed E-state index contributed by atoms with van der Waals surface area (Å²) in [5.74, 6) is 0.319. The molecular weight excluding hydrogens is 163 g/mol. The van der Waals surface area contributed by atoms with Crippen molar-refractivity contribution < 1.29 is 14.8 Å². The first-order valence-corrected chi connectivity index (χ1v) is 6.09. The van der Waals surface area contributed by atoms with Gasteiger partial charge in [0.05, 0.1) is 6.35 Å². The van der Waals surface area contributed by atoms with Gasteiger partial charge in [0.25, 0.3) is 0 Å². The van der Waals surface area contributed by atoms with Gasteiger partial charge in [0.15, 0.2) is 0 Å². The zero-order valence-corrected chi connectivity index (χ0v) is 8.05. The third kappa shape index (κ3) is 4.57. The van der Waals surface area contributed by atoms with E-state index >= 15 is 0 Å². The summed E-state index contributed by atoms with van der Waals surface area (Å²) < 4.78 is 11.6. The Kier molecular flexibility index (Phi) is 4.98. The maximum absolute atomic E-state index is 11.6. The van der Waals surface area contributed by atoms with Gasteiger partial charge in [-0.05, 0) is 5.92 Å². The van der Waals surface area contributed by atoms with E-state index in [0.29, 0.717) is 12.1 Å². The highest BCUT2D eigenvalue weighted by Crippen LogP contribution is 2.45. The molecule has 0 saturated heterocycles. The van der Waals surface area contributed by atoms with Crippen LogP contribution in [0.5, 0.6) is 0 Å². The molecule has 2 N–H and O–H groups in total. The van der Waals surface area contributed by atoms with Crippen LogP contribution in [-0.2, 0) is 4.57 Å². The summed E-state index contributed by atoms with van der Waals surface area (Å²) >= 11 is 0. The minimum atomic E-state index is -2.45. The zero-order valence-electron chi connectivity index (χ0n) is 7.16. The van der Waals surface area contributed by atoms with E-state index in [0.717, 1.165) is 0 Å². The van der Waals surface area contributed by atoms with E-state index in [4.69, 9.17) is 10.2 Å². The maximum atomic E-state index is 11.6. The standard InChI is InChI=1S/C7H17O3P/c1-7(2)5-11(10,6-9)4-3-8/h7-9H,3-6H2,1-2H3. The molecule has 0 aromatic rings. The van der Waals surface area contributed by atoms with Crippen LogP contribution >= 0.6 is 7.14 Å². The van der Waals surface area contributed by atoms with Gasteiger partial charge in [-0.1, -0.05) is 13.8 Å². The van der Waals surface area contributed by atoms with E-state index in [-0.39, 0.29) is 19.1 Å². The van der Waals surface area contributed by atoms with Crippen LogP contribution in [0.1, 0.15) is 13.8 Å². The van der Waals surface area contributed by atoms with Crippen molar-refractivity contribution in [1.29, 1.82) is 0 Å². The molecule has 68 valence electrons. The summed E-state index contributed by atoms with van der Waals surface area (Å²) in [6.07, 6.45) is 0.511. The molecule has 4 heteroatoms. The van der Waals surface area contributed by atoms with Gasteiger partial charge in [0, 0.05) is 18.9 Å². The third-order valence-corrected chi connectivity index (χ3v) is 4.39. The van der Waals surface area contributed by atoms with Crippen molar-refractivity contribution in [3.8, 4) is 0 Å². The van der Waals surface area contributed by atoms with Gasteiger partial charge in [-0.25, -0.2) is 0 Å². The SMILES string of the molecule is CC(C)CP(=O)(CO)CCO. The first kappa shape index (κ1) is 11.2. The van der Waals surface area contributed by atoms with Crippen LogP contribution in [0.15, 0.2) is 0 Å². The molecule has 1 atom stereocenters. The predicted octanol–water partition coefficient (Wildman–Crippen LogP) is 0.948. The quantitative estimate of drug-likeness (QED) is 0.619. The molecule has 0 rings (SSSR count). The molecule has 0 spiro atoms. The zero-order chi connectivity index (χ0) is 8.91. The van der Waals surface area contributed by atoms with E-state index in [2.05, 4.69) is 0 Å². The highest BCUT2D eigenvalue weighted by molar-refractivity contribution is 7.63. The molecule has 0 bridgehead atoms. The highest BCUT2D eigenvalue weighted by atomic mass is 31.2. The van der Waals surface area contributed by atoms with Crippen molar-refractivity contribution in [3.05, 3.63) is 0 Å². The lowest BCUT2D eigenvalue weighted by molar-refractivity contribution is 0.312. The number of aliphatic hydroxyl groups is 2. The summed E-state index contributed by atoms with van der Waals surface area (Å²) in [6, 6.07) is 0. The van der Waals surface area contributed by atoms with Crippen molar-refractivity contribution in [2.45, 2.75) is 13.8 Å². The molecule has 0 saturated carbocycles. The van der Waals surface area contributed by atoms with Gasteiger partial charge in [-0.15, -0.1) is 0 Å². The fourth-order valence-corrected chi connectivity index (χ4v) is 3.20. The maximum Gasteiger partial charge on any atom is 0.114 e. The van der Waals surface area contributed by atoms with Gasteiger partial charge < -0.3 is 14.8 Å². The summed E-state index contributed by atoms with van der Waals surface area (Å²) in [6.45, 7) is 3.82. The molecule has 0 radical (unpaired) electrons. The van der Waals surface area contributed by atoms with Crippen molar-refractivity contribution >= 4 is 7.14 Å². The largest absolute Gasteiger partial charge is 0.396 e. The third-order valence-electron chi connectivity index (χ3n) is 1.46. The van der Waals surface area contributed by atoms with Crippen LogP contribution in [0.4, 0.5) is 0 Å². The van der Waals surface area contributed by atoms with Gasteiger partial charge >= 0.3 is 0 Å². The second kappa shape index (κ2) is 4.91. The van der Waals surface area contributed by atoms with E-state index in [1.807, 2.05) is 13.8 Å². The molecule has 0 aromatic heterocycles. The van der Waals surface area contributed by atoms with Gasteiger partial charge in [0.1, 0.15) is 7.14 Å². The average molecular weight is 180 g/mol. The van der Waals surface area contributed by atoms with Crippen molar-refractivity contribution in [1.82, 2.24) is 0 Å². The fourth-order valence-electron chi connectivity index (χ4n) is 1.07. The average Bonchev–Trinajstić information content (AvgIpc) is 1.87. The first-order chi connectivity index (χ1) is 5.04. The molecule has 0 aliphatic heterocycles. The fraction of sp³-hybridized carbons (Fsp3) is 1.00. The van der Waals surface area contributed by atoms with Gasteiger partial charge in [0.2, 0.25) is 0 Å². The molecule has 0 heterocycles. The topological polar surface area (TPSA) is 57.5 Å². The molecular formula is C7H17O3P. The minimum absolute atomic E-state index is 0.0927. The van der Waals surface area contributed by atoms with Crippen LogP contribution in [0.2, 0.25) is 0 Å².